The van der Waals surface area contributed by atoms with Crippen LogP contribution in [-0.4, -0.2) is 46.1 Å². The van der Waals surface area contributed by atoms with Crippen LogP contribution in [0.15, 0.2) is 36.4 Å². The highest BCUT2D eigenvalue weighted by molar-refractivity contribution is 7.22. The van der Waals surface area contributed by atoms with Gasteiger partial charge in [-0.05, 0) is 42.7 Å². The van der Waals surface area contributed by atoms with E-state index < -0.39 is 17.7 Å². The maximum atomic E-state index is 13.0. The molecule has 0 saturated carbocycles. The molecular formula is C23H22F3N3O2S. The van der Waals surface area contributed by atoms with Crippen molar-refractivity contribution in [2.24, 2.45) is 0 Å². The molecule has 0 radical (unpaired) electrons. The van der Waals surface area contributed by atoms with Crippen molar-refractivity contribution in [2.45, 2.75) is 44.6 Å². The number of alkyl halides is 3. The van der Waals surface area contributed by atoms with Crippen LogP contribution in [0.5, 0.6) is 0 Å². The number of hydrogen-bond acceptors (Lipinski definition) is 5. The molecule has 0 spiro atoms. The maximum absolute atomic E-state index is 13.0. The van der Waals surface area contributed by atoms with Gasteiger partial charge in [0, 0.05) is 31.7 Å². The molecule has 3 aromatic rings. The predicted molar refractivity (Wildman–Crippen MR) is 117 cm³/mol. The lowest BCUT2D eigenvalue weighted by Gasteiger charge is -2.34. The predicted octanol–water partition coefficient (Wildman–Crippen LogP) is 4.71. The van der Waals surface area contributed by atoms with Crippen LogP contribution in [0.25, 0.3) is 10.2 Å². The number of benzene rings is 2. The number of hydrogen-bond donors (Lipinski definition) is 1. The normalized spacial score (nSPS) is 21.1. The first-order chi connectivity index (χ1) is 15.2. The van der Waals surface area contributed by atoms with Gasteiger partial charge in [0.2, 0.25) is 0 Å². The Kier molecular flexibility index (Phi) is 5.13. The first-order valence-electron chi connectivity index (χ1n) is 10.5. The SMILES string of the molecule is Cc1cc(CC(=O)O)cc(CN2C[C@@H]3C[C@H]2CN3c2nc3ccc(C(F)(F)F)cc3s2)c1. The number of thiazole rings is 1. The lowest BCUT2D eigenvalue weighted by Crippen LogP contribution is -2.46. The van der Waals surface area contributed by atoms with E-state index in [1.165, 1.54) is 23.5 Å². The van der Waals surface area contributed by atoms with Crippen LogP contribution in [0.3, 0.4) is 0 Å². The Balaban J connectivity index is 1.30. The number of aryl methyl sites for hydroxylation is 1. The van der Waals surface area contributed by atoms with Gasteiger partial charge in [-0.15, -0.1) is 0 Å². The van der Waals surface area contributed by atoms with Crippen molar-refractivity contribution >= 4 is 32.7 Å². The zero-order valence-corrected chi connectivity index (χ0v) is 18.2. The van der Waals surface area contributed by atoms with Crippen LogP contribution in [0.1, 0.15) is 28.7 Å². The first kappa shape index (κ1) is 21.2. The van der Waals surface area contributed by atoms with Gasteiger partial charge in [-0.2, -0.15) is 13.2 Å². The lowest BCUT2D eigenvalue weighted by atomic mass is 10.0. The van der Waals surface area contributed by atoms with E-state index in [9.17, 15) is 18.0 Å². The number of likely N-dealkylation sites (tertiary alicyclic amines) is 1. The quantitative estimate of drug-likeness (QED) is 0.596. The van der Waals surface area contributed by atoms with Crippen LogP contribution < -0.4 is 4.90 Å². The van der Waals surface area contributed by atoms with E-state index in [1.807, 2.05) is 19.1 Å². The van der Waals surface area contributed by atoms with E-state index in [0.29, 0.717) is 16.3 Å². The number of aromatic nitrogens is 1. The van der Waals surface area contributed by atoms with Gasteiger partial charge in [0.25, 0.3) is 0 Å². The molecule has 168 valence electrons. The topological polar surface area (TPSA) is 56.7 Å². The second-order valence-corrected chi connectivity index (χ2v) is 9.71. The number of carboxylic acid groups (broad SMARTS) is 1. The minimum absolute atomic E-state index is 0.0160. The average molecular weight is 462 g/mol. The Hall–Kier alpha value is -2.65. The maximum Gasteiger partial charge on any atom is 0.416 e. The summed E-state index contributed by atoms with van der Waals surface area (Å²) < 4.78 is 39.6. The molecule has 2 bridgehead atoms. The van der Waals surface area contributed by atoms with Crippen LogP contribution in [-0.2, 0) is 23.9 Å². The Bertz CT molecular complexity index is 1190. The number of fused-ring (bicyclic) bond motifs is 3. The van der Waals surface area contributed by atoms with Crippen molar-refractivity contribution in [3.8, 4) is 0 Å². The summed E-state index contributed by atoms with van der Waals surface area (Å²) in [6.45, 7) is 4.39. The lowest BCUT2D eigenvalue weighted by molar-refractivity contribution is -0.138. The highest BCUT2D eigenvalue weighted by Gasteiger charge is 2.44. The zero-order chi connectivity index (χ0) is 22.6. The molecule has 5 rings (SSSR count). The third-order valence-corrected chi connectivity index (χ3v) is 7.30. The van der Waals surface area contributed by atoms with E-state index >= 15 is 0 Å². The minimum Gasteiger partial charge on any atom is -0.481 e. The molecule has 1 N–H and O–H groups in total. The summed E-state index contributed by atoms with van der Waals surface area (Å²) in [6.07, 6.45) is -3.34. The van der Waals surface area contributed by atoms with Crippen molar-refractivity contribution in [2.75, 3.05) is 18.0 Å². The van der Waals surface area contributed by atoms with Crippen LogP contribution in [0.2, 0.25) is 0 Å². The largest absolute Gasteiger partial charge is 0.481 e. The highest BCUT2D eigenvalue weighted by atomic mass is 32.1. The number of nitrogens with zero attached hydrogens (tertiary/aromatic N) is 3. The van der Waals surface area contributed by atoms with Crippen molar-refractivity contribution in [3.63, 3.8) is 0 Å². The van der Waals surface area contributed by atoms with Crippen LogP contribution in [0, 0.1) is 6.92 Å². The van der Waals surface area contributed by atoms with Gasteiger partial charge in [0.05, 0.1) is 22.2 Å². The third kappa shape index (κ3) is 4.06. The fourth-order valence-corrected chi connectivity index (χ4v) is 6.03. The molecule has 1 aromatic heterocycles. The van der Waals surface area contributed by atoms with E-state index in [2.05, 4.69) is 20.9 Å². The molecule has 2 aliphatic rings. The molecule has 32 heavy (non-hydrogen) atoms. The summed E-state index contributed by atoms with van der Waals surface area (Å²) in [4.78, 5) is 20.3. The molecule has 2 aromatic carbocycles. The molecule has 2 atom stereocenters. The Morgan fingerprint density at radius 3 is 2.62 bits per heavy atom. The van der Waals surface area contributed by atoms with Gasteiger partial charge >= 0.3 is 12.1 Å². The van der Waals surface area contributed by atoms with Gasteiger partial charge in [0.15, 0.2) is 5.13 Å². The van der Waals surface area contributed by atoms with Crippen molar-refractivity contribution in [1.82, 2.24) is 9.88 Å². The second kappa shape index (κ2) is 7.74. The van der Waals surface area contributed by atoms with Crippen molar-refractivity contribution < 1.29 is 23.1 Å². The average Bonchev–Trinajstić information content (AvgIpc) is 3.38. The van der Waals surface area contributed by atoms with Crippen molar-refractivity contribution in [1.29, 1.82) is 0 Å². The van der Waals surface area contributed by atoms with Crippen LogP contribution in [0.4, 0.5) is 18.3 Å². The molecule has 0 unspecified atom stereocenters. The molecule has 2 saturated heterocycles. The minimum atomic E-state index is -4.36. The zero-order valence-electron chi connectivity index (χ0n) is 17.4. The summed E-state index contributed by atoms with van der Waals surface area (Å²) in [5.74, 6) is -0.837. The Morgan fingerprint density at radius 2 is 1.94 bits per heavy atom. The van der Waals surface area contributed by atoms with E-state index in [1.54, 1.807) is 0 Å². The van der Waals surface area contributed by atoms with Gasteiger partial charge in [-0.3, -0.25) is 9.69 Å². The molecular weight excluding hydrogens is 439 g/mol. The molecule has 9 heteroatoms. The van der Waals surface area contributed by atoms with E-state index in [4.69, 9.17) is 5.11 Å². The molecule has 0 aliphatic carbocycles. The number of carboxylic acids is 1. The molecule has 2 aliphatic heterocycles. The first-order valence-corrected chi connectivity index (χ1v) is 11.3. The molecule has 5 nitrogen and oxygen atoms in total. The smallest absolute Gasteiger partial charge is 0.416 e. The molecule has 3 heterocycles. The summed E-state index contributed by atoms with van der Waals surface area (Å²) in [5.41, 5.74) is 2.93. The number of aliphatic carboxylic acids is 1. The van der Waals surface area contributed by atoms with E-state index in [-0.39, 0.29) is 12.5 Å². The van der Waals surface area contributed by atoms with Gasteiger partial charge in [0.1, 0.15) is 0 Å². The fraction of sp³-hybridized carbons (Fsp3) is 0.391. The fourth-order valence-electron chi connectivity index (χ4n) is 4.94. The standard InChI is InChI=1S/C23H22F3N3O2S/c1-13-4-14(7-21(30)31)6-15(5-13)10-28-11-18-9-17(28)12-29(18)22-27-19-3-2-16(23(24,25)26)8-20(19)32-22/h2-6,8,17-18H,7,9-12H2,1H3,(H,30,31)/t17-,18-/m0/s1. The van der Waals surface area contributed by atoms with Gasteiger partial charge in [-0.25, -0.2) is 4.98 Å². The summed E-state index contributed by atoms with van der Waals surface area (Å²) in [6, 6.07) is 10.3. The highest BCUT2D eigenvalue weighted by Crippen LogP contribution is 2.40. The monoisotopic (exact) mass is 461 g/mol. The Morgan fingerprint density at radius 1 is 1.16 bits per heavy atom. The number of piperazine rings is 1. The summed E-state index contributed by atoms with van der Waals surface area (Å²) in [7, 11) is 0. The van der Waals surface area contributed by atoms with Gasteiger partial charge in [-0.1, -0.05) is 35.1 Å². The summed E-state index contributed by atoms with van der Waals surface area (Å²) >= 11 is 1.32. The number of rotatable bonds is 5. The summed E-state index contributed by atoms with van der Waals surface area (Å²) in [5, 5.41) is 9.87. The number of anilines is 1. The number of halogens is 3. The molecule has 0 amide bonds. The molecule has 2 fully saturated rings. The number of carbonyl (C=O) groups is 1. The third-order valence-electron chi connectivity index (χ3n) is 6.24. The van der Waals surface area contributed by atoms with Crippen LogP contribution >= 0.6 is 11.3 Å². The second-order valence-electron chi connectivity index (χ2n) is 8.70. The Labute approximate surface area is 187 Å². The van der Waals surface area contributed by atoms with E-state index in [0.717, 1.165) is 53.9 Å². The van der Waals surface area contributed by atoms with Gasteiger partial charge < -0.3 is 10.0 Å². The van der Waals surface area contributed by atoms with Crippen molar-refractivity contribution in [3.05, 3.63) is 58.7 Å².